The number of hydrogen-bond acceptors (Lipinski definition) is 5. The maximum atomic E-state index is 12.8. The third-order valence-electron chi connectivity index (χ3n) is 4.06. The van der Waals surface area contributed by atoms with Crippen LogP contribution in [-0.2, 0) is 10.0 Å². The SMILES string of the molecule is Cc1ccc(S(=O)(=O)N2CCN(c3cnccn3)CC2)c(C)c1. The van der Waals surface area contributed by atoms with Gasteiger partial charge in [-0.15, -0.1) is 0 Å². The van der Waals surface area contributed by atoms with Crippen LogP contribution in [0.5, 0.6) is 0 Å². The summed E-state index contributed by atoms with van der Waals surface area (Å²) >= 11 is 0. The first-order chi connectivity index (χ1) is 11.0. The second kappa shape index (κ2) is 6.25. The molecule has 1 aromatic heterocycles. The molecule has 1 aliphatic rings. The van der Waals surface area contributed by atoms with Crippen LogP contribution in [0.1, 0.15) is 11.1 Å². The van der Waals surface area contributed by atoms with E-state index < -0.39 is 10.0 Å². The van der Waals surface area contributed by atoms with E-state index in [-0.39, 0.29) is 0 Å². The first-order valence-electron chi connectivity index (χ1n) is 7.57. The topological polar surface area (TPSA) is 66.4 Å². The van der Waals surface area contributed by atoms with Crippen LogP contribution in [0.25, 0.3) is 0 Å². The van der Waals surface area contributed by atoms with Crippen molar-refractivity contribution in [3.05, 3.63) is 47.9 Å². The van der Waals surface area contributed by atoms with Crippen LogP contribution in [0.3, 0.4) is 0 Å². The van der Waals surface area contributed by atoms with Crippen LogP contribution in [0.2, 0.25) is 0 Å². The number of hydrogen-bond donors (Lipinski definition) is 0. The van der Waals surface area contributed by atoms with Gasteiger partial charge < -0.3 is 4.90 Å². The normalized spacial score (nSPS) is 16.5. The molecule has 122 valence electrons. The molecule has 0 N–H and O–H groups in total. The van der Waals surface area contributed by atoms with E-state index in [0.717, 1.165) is 16.9 Å². The van der Waals surface area contributed by atoms with Crippen molar-refractivity contribution < 1.29 is 8.42 Å². The van der Waals surface area contributed by atoms with Gasteiger partial charge in [-0.2, -0.15) is 4.31 Å². The lowest BCUT2D eigenvalue weighted by Gasteiger charge is -2.34. The fourth-order valence-electron chi connectivity index (χ4n) is 2.84. The maximum Gasteiger partial charge on any atom is 0.243 e. The summed E-state index contributed by atoms with van der Waals surface area (Å²) in [5, 5.41) is 0. The number of benzene rings is 1. The zero-order valence-corrected chi connectivity index (χ0v) is 14.1. The summed E-state index contributed by atoms with van der Waals surface area (Å²) in [6.45, 7) is 5.93. The number of aromatic nitrogens is 2. The summed E-state index contributed by atoms with van der Waals surface area (Å²) in [5.41, 5.74) is 1.86. The minimum absolute atomic E-state index is 0.399. The molecule has 0 unspecified atom stereocenters. The van der Waals surface area contributed by atoms with Crippen LogP contribution in [-0.4, -0.2) is 48.9 Å². The maximum absolute atomic E-state index is 12.8. The summed E-state index contributed by atoms with van der Waals surface area (Å²) in [6, 6.07) is 5.45. The predicted molar refractivity (Wildman–Crippen MR) is 88.9 cm³/mol. The van der Waals surface area contributed by atoms with E-state index in [4.69, 9.17) is 0 Å². The molecule has 0 aliphatic carbocycles. The number of sulfonamides is 1. The van der Waals surface area contributed by atoms with Crippen LogP contribution in [0, 0.1) is 13.8 Å². The molecule has 0 spiro atoms. The third-order valence-corrected chi connectivity index (χ3v) is 6.12. The van der Waals surface area contributed by atoms with E-state index in [2.05, 4.69) is 14.9 Å². The van der Waals surface area contributed by atoms with Gasteiger partial charge >= 0.3 is 0 Å². The van der Waals surface area contributed by atoms with Crippen LogP contribution in [0.4, 0.5) is 5.82 Å². The molecule has 0 bridgehead atoms. The van der Waals surface area contributed by atoms with Crippen molar-refractivity contribution >= 4 is 15.8 Å². The molecule has 6 nitrogen and oxygen atoms in total. The number of anilines is 1. The molecule has 2 heterocycles. The Labute approximate surface area is 136 Å². The lowest BCUT2D eigenvalue weighted by Crippen LogP contribution is -2.49. The van der Waals surface area contributed by atoms with Crippen molar-refractivity contribution in [2.45, 2.75) is 18.7 Å². The highest BCUT2D eigenvalue weighted by Crippen LogP contribution is 2.23. The zero-order chi connectivity index (χ0) is 16.4. The standard InChI is InChI=1S/C16H20N4O2S/c1-13-3-4-15(14(2)11-13)23(21,22)20-9-7-19(8-10-20)16-12-17-5-6-18-16/h3-6,11-12H,7-10H2,1-2H3. The second-order valence-corrected chi connectivity index (χ2v) is 7.63. The van der Waals surface area contributed by atoms with Gasteiger partial charge in [0.2, 0.25) is 10.0 Å². The summed E-state index contributed by atoms with van der Waals surface area (Å²) in [7, 11) is -3.44. The van der Waals surface area contributed by atoms with Crippen molar-refractivity contribution in [1.29, 1.82) is 0 Å². The molecule has 7 heteroatoms. The van der Waals surface area contributed by atoms with Gasteiger partial charge in [-0.3, -0.25) is 4.98 Å². The Morgan fingerprint density at radius 3 is 2.39 bits per heavy atom. The predicted octanol–water partition coefficient (Wildman–Crippen LogP) is 1.60. The number of piperazine rings is 1. The number of aryl methyl sites for hydroxylation is 2. The van der Waals surface area contributed by atoms with Gasteiger partial charge in [-0.1, -0.05) is 17.7 Å². The van der Waals surface area contributed by atoms with E-state index in [1.54, 1.807) is 29.0 Å². The van der Waals surface area contributed by atoms with Gasteiger partial charge in [-0.25, -0.2) is 13.4 Å². The smallest absolute Gasteiger partial charge is 0.243 e. The van der Waals surface area contributed by atoms with Gasteiger partial charge in [0.25, 0.3) is 0 Å². The molecule has 1 aromatic carbocycles. The molecule has 0 amide bonds. The Balaban J connectivity index is 1.76. The molecule has 0 saturated carbocycles. The molecule has 2 aromatic rings. The highest BCUT2D eigenvalue weighted by atomic mass is 32.2. The largest absolute Gasteiger partial charge is 0.353 e. The zero-order valence-electron chi connectivity index (χ0n) is 13.3. The Hall–Kier alpha value is -1.99. The van der Waals surface area contributed by atoms with E-state index in [0.29, 0.717) is 31.1 Å². The first kappa shape index (κ1) is 15.9. The highest BCUT2D eigenvalue weighted by molar-refractivity contribution is 7.89. The molecular weight excluding hydrogens is 312 g/mol. The van der Waals surface area contributed by atoms with Crippen molar-refractivity contribution in [2.75, 3.05) is 31.1 Å². The number of nitrogens with zero attached hydrogens (tertiary/aromatic N) is 4. The van der Waals surface area contributed by atoms with Crippen molar-refractivity contribution in [2.24, 2.45) is 0 Å². The monoisotopic (exact) mass is 332 g/mol. The summed E-state index contributed by atoms with van der Waals surface area (Å²) in [5.74, 6) is 0.788. The highest BCUT2D eigenvalue weighted by Gasteiger charge is 2.29. The van der Waals surface area contributed by atoms with E-state index in [9.17, 15) is 8.42 Å². The number of rotatable bonds is 3. The molecule has 1 saturated heterocycles. The minimum Gasteiger partial charge on any atom is -0.353 e. The van der Waals surface area contributed by atoms with Crippen LogP contribution < -0.4 is 4.90 Å². The van der Waals surface area contributed by atoms with Gasteiger partial charge in [0.1, 0.15) is 5.82 Å². The lowest BCUT2D eigenvalue weighted by atomic mass is 10.2. The molecule has 3 rings (SSSR count). The van der Waals surface area contributed by atoms with Crippen LogP contribution in [0.15, 0.2) is 41.7 Å². The van der Waals surface area contributed by atoms with Crippen molar-refractivity contribution in [3.8, 4) is 0 Å². The summed E-state index contributed by atoms with van der Waals surface area (Å²) in [4.78, 5) is 10.8. The third kappa shape index (κ3) is 3.20. The van der Waals surface area contributed by atoms with Crippen molar-refractivity contribution in [3.63, 3.8) is 0 Å². The van der Waals surface area contributed by atoms with Gasteiger partial charge in [0.05, 0.1) is 11.1 Å². The van der Waals surface area contributed by atoms with Crippen molar-refractivity contribution in [1.82, 2.24) is 14.3 Å². The molecule has 0 atom stereocenters. The van der Waals surface area contributed by atoms with E-state index in [1.807, 2.05) is 26.0 Å². The average molecular weight is 332 g/mol. The average Bonchev–Trinajstić information content (AvgIpc) is 2.55. The summed E-state index contributed by atoms with van der Waals surface area (Å²) < 4.78 is 27.2. The van der Waals surface area contributed by atoms with Gasteiger partial charge in [-0.05, 0) is 25.5 Å². The molecule has 1 fully saturated rings. The fraction of sp³-hybridized carbons (Fsp3) is 0.375. The lowest BCUT2D eigenvalue weighted by molar-refractivity contribution is 0.383. The molecule has 23 heavy (non-hydrogen) atoms. The Kier molecular flexibility index (Phi) is 4.32. The molecule has 1 aliphatic heterocycles. The summed E-state index contributed by atoms with van der Waals surface area (Å²) in [6.07, 6.45) is 4.98. The van der Waals surface area contributed by atoms with Gasteiger partial charge in [0, 0.05) is 38.6 Å². The second-order valence-electron chi connectivity index (χ2n) is 5.72. The molecular formula is C16H20N4O2S. The Bertz CT molecular complexity index is 785. The van der Waals surface area contributed by atoms with E-state index >= 15 is 0 Å². The Morgan fingerprint density at radius 1 is 1.04 bits per heavy atom. The fourth-order valence-corrected chi connectivity index (χ4v) is 4.47. The Morgan fingerprint density at radius 2 is 1.78 bits per heavy atom. The minimum atomic E-state index is -3.44. The van der Waals surface area contributed by atoms with E-state index in [1.165, 1.54) is 0 Å². The quantitative estimate of drug-likeness (QED) is 0.854. The molecule has 0 radical (unpaired) electrons. The van der Waals surface area contributed by atoms with Crippen LogP contribution >= 0.6 is 0 Å². The first-order valence-corrected chi connectivity index (χ1v) is 9.01. The van der Waals surface area contributed by atoms with Gasteiger partial charge in [0.15, 0.2) is 0 Å².